The van der Waals surface area contributed by atoms with E-state index in [1.54, 1.807) is 6.07 Å². The van der Waals surface area contributed by atoms with Crippen LogP contribution in [0.2, 0.25) is 0 Å². The molecule has 1 aromatic rings. The van der Waals surface area contributed by atoms with Gasteiger partial charge in [0, 0.05) is 5.46 Å². The molecule has 1 aromatic carbocycles. The molecule has 1 heterocycles. The summed E-state index contributed by atoms with van der Waals surface area (Å²) in [5.74, 6) is 0. The van der Waals surface area contributed by atoms with E-state index in [0.717, 1.165) is 5.56 Å². The summed E-state index contributed by atoms with van der Waals surface area (Å²) in [7, 11) is -4.57. The van der Waals surface area contributed by atoms with E-state index in [1.807, 2.05) is 40.7 Å². The molecule has 0 aliphatic carbocycles. The molecule has 2 rings (SSSR count). The molecule has 0 aromatic heterocycles. The van der Waals surface area contributed by atoms with Crippen LogP contribution in [0.15, 0.2) is 23.1 Å². The predicted molar refractivity (Wildman–Crippen MR) is 78.3 cm³/mol. The molecule has 0 saturated carbocycles. The van der Waals surface area contributed by atoms with E-state index in [4.69, 9.17) is 14.4 Å². The first-order valence-corrected chi connectivity index (χ1v) is 7.98. The molecule has 20 heavy (non-hydrogen) atoms. The van der Waals surface area contributed by atoms with Crippen molar-refractivity contribution in [2.24, 2.45) is 5.14 Å². The van der Waals surface area contributed by atoms with E-state index in [-0.39, 0.29) is 4.90 Å². The number of benzene rings is 1. The van der Waals surface area contributed by atoms with Crippen LogP contribution in [-0.2, 0) is 19.3 Å². The highest BCUT2D eigenvalue weighted by molar-refractivity contribution is 7.89. The summed E-state index contributed by atoms with van der Waals surface area (Å²) in [4.78, 5) is 0.0519. The molecule has 0 bridgehead atoms. The summed E-state index contributed by atoms with van der Waals surface area (Å²) in [5.41, 5.74) is 0.189. The lowest BCUT2D eigenvalue weighted by atomic mass is 9.76. The maximum absolute atomic E-state index is 11.8. The Morgan fingerprint density at radius 3 is 2.05 bits per heavy atom. The Morgan fingerprint density at radius 2 is 1.60 bits per heavy atom. The average Bonchev–Trinajstić information content (AvgIpc) is 2.46. The second-order valence-electron chi connectivity index (χ2n) is 6.12. The second-order valence-corrected chi connectivity index (χ2v) is 7.65. The Bertz CT molecular complexity index is 624. The molecular formula is C13H20BNO4S. The van der Waals surface area contributed by atoms with Crippen LogP contribution in [0.3, 0.4) is 0 Å². The maximum Gasteiger partial charge on any atom is 0.496 e. The minimum Gasteiger partial charge on any atom is -0.399 e. The predicted octanol–water partition coefficient (Wildman–Crippen LogP) is 0.942. The van der Waals surface area contributed by atoms with Gasteiger partial charge in [0.15, 0.2) is 0 Å². The fourth-order valence-corrected chi connectivity index (χ4v) is 3.00. The summed E-state index contributed by atoms with van der Waals surface area (Å²) in [5, 5.41) is 5.29. The van der Waals surface area contributed by atoms with Crippen molar-refractivity contribution < 1.29 is 17.7 Å². The van der Waals surface area contributed by atoms with Crippen LogP contribution in [0, 0.1) is 6.92 Å². The monoisotopic (exact) mass is 297 g/mol. The van der Waals surface area contributed by atoms with Crippen molar-refractivity contribution in [1.29, 1.82) is 0 Å². The van der Waals surface area contributed by atoms with Gasteiger partial charge in [-0.2, -0.15) is 0 Å². The van der Waals surface area contributed by atoms with E-state index >= 15 is 0 Å². The van der Waals surface area contributed by atoms with E-state index in [1.165, 1.54) is 6.07 Å². The van der Waals surface area contributed by atoms with Crippen molar-refractivity contribution in [2.75, 3.05) is 0 Å². The van der Waals surface area contributed by atoms with Gasteiger partial charge in [0.1, 0.15) is 0 Å². The van der Waals surface area contributed by atoms with Crippen LogP contribution in [0.1, 0.15) is 33.3 Å². The lowest BCUT2D eigenvalue weighted by Crippen LogP contribution is -2.41. The summed E-state index contributed by atoms with van der Waals surface area (Å²) in [6, 6.07) is 4.95. The standard InChI is InChI=1S/C13H20BNO4S/c1-9-7-6-8-10(20(15,16)17)11(9)14-18-12(2,3)13(4,5)19-14/h6-8H,1-5H3,(H2,15,16,17). The molecule has 0 radical (unpaired) electrons. The number of nitrogens with two attached hydrogens (primary N) is 1. The van der Waals surface area contributed by atoms with E-state index in [9.17, 15) is 8.42 Å². The minimum atomic E-state index is -3.83. The molecule has 0 atom stereocenters. The van der Waals surface area contributed by atoms with Crippen LogP contribution in [0.25, 0.3) is 0 Å². The van der Waals surface area contributed by atoms with Gasteiger partial charge in [0.05, 0.1) is 16.1 Å². The third kappa shape index (κ3) is 2.51. The Balaban J connectivity index is 2.56. The highest BCUT2D eigenvalue weighted by Gasteiger charge is 2.53. The first-order chi connectivity index (χ1) is 8.96. The maximum atomic E-state index is 11.8. The van der Waals surface area contributed by atoms with Gasteiger partial charge >= 0.3 is 7.12 Å². The smallest absolute Gasteiger partial charge is 0.399 e. The largest absolute Gasteiger partial charge is 0.496 e. The summed E-state index contributed by atoms with van der Waals surface area (Å²) in [6.45, 7) is 9.49. The Hall–Kier alpha value is -0.885. The molecule has 1 saturated heterocycles. The number of rotatable bonds is 2. The lowest BCUT2D eigenvalue weighted by molar-refractivity contribution is 0.00578. The van der Waals surface area contributed by atoms with Crippen molar-refractivity contribution in [3.63, 3.8) is 0 Å². The Morgan fingerprint density at radius 1 is 1.10 bits per heavy atom. The van der Waals surface area contributed by atoms with E-state index in [2.05, 4.69) is 0 Å². The van der Waals surface area contributed by atoms with Gasteiger partial charge in [-0.05, 0) is 46.2 Å². The Kier molecular flexibility index (Phi) is 3.53. The van der Waals surface area contributed by atoms with Gasteiger partial charge in [-0.1, -0.05) is 12.1 Å². The first kappa shape index (κ1) is 15.5. The SMILES string of the molecule is Cc1cccc(S(N)(=O)=O)c1B1OC(C)(C)C(C)(C)O1. The molecule has 7 heteroatoms. The lowest BCUT2D eigenvalue weighted by Gasteiger charge is -2.32. The third-order valence-electron chi connectivity index (χ3n) is 4.08. The van der Waals surface area contributed by atoms with E-state index in [0.29, 0.717) is 5.46 Å². The molecule has 0 unspecified atom stereocenters. The fourth-order valence-electron chi connectivity index (χ4n) is 2.16. The zero-order valence-corrected chi connectivity index (χ0v) is 13.2. The van der Waals surface area contributed by atoms with Crippen LogP contribution in [0.4, 0.5) is 0 Å². The van der Waals surface area contributed by atoms with Crippen molar-refractivity contribution in [3.05, 3.63) is 23.8 Å². The zero-order valence-electron chi connectivity index (χ0n) is 12.4. The van der Waals surface area contributed by atoms with Crippen molar-refractivity contribution in [3.8, 4) is 0 Å². The van der Waals surface area contributed by atoms with Crippen molar-refractivity contribution in [1.82, 2.24) is 0 Å². The topological polar surface area (TPSA) is 78.6 Å². The summed E-state index contributed by atoms with van der Waals surface area (Å²) >= 11 is 0. The molecule has 0 amide bonds. The van der Waals surface area contributed by atoms with Crippen LogP contribution < -0.4 is 10.6 Å². The molecule has 0 spiro atoms. The van der Waals surface area contributed by atoms with Gasteiger partial charge in [-0.15, -0.1) is 0 Å². The van der Waals surface area contributed by atoms with Crippen molar-refractivity contribution in [2.45, 2.75) is 50.7 Å². The van der Waals surface area contributed by atoms with Gasteiger partial charge in [-0.3, -0.25) is 0 Å². The molecule has 2 N–H and O–H groups in total. The van der Waals surface area contributed by atoms with E-state index < -0.39 is 28.3 Å². The average molecular weight is 297 g/mol. The number of hydrogen-bond acceptors (Lipinski definition) is 4. The Labute approximate surface area is 120 Å². The minimum absolute atomic E-state index is 0.0519. The van der Waals surface area contributed by atoms with Gasteiger partial charge < -0.3 is 9.31 Å². The first-order valence-electron chi connectivity index (χ1n) is 6.44. The van der Waals surface area contributed by atoms with Gasteiger partial charge in [-0.25, -0.2) is 13.6 Å². The zero-order chi connectivity index (χ0) is 15.3. The van der Waals surface area contributed by atoms with Crippen LogP contribution >= 0.6 is 0 Å². The highest BCUT2D eigenvalue weighted by Crippen LogP contribution is 2.37. The molecule has 110 valence electrons. The van der Waals surface area contributed by atoms with Gasteiger partial charge in [0.25, 0.3) is 0 Å². The summed E-state index contributed by atoms with van der Waals surface area (Å²) in [6.07, 6.45) is 0. The molecule has 1 fully saturated rings. The molecular weight excluding hydrogens is 277 g/mol. The van der Waals surface area contributed by atoms with Crippen LogP contribution in [-0.4, -0.2) is 26.7 Å². The summed E-state index contributed by atoms with van der Waals surface area (Å²) < 4.78 is 35.4. The molecule has 1 aliphatic heterocycles. The third-order valence-corrected chi connectivity index (χ3v) is 5.05. The quantitative estimate of drug-likeness (QED) is 0.824. The normalized spacial score (nSPS) is 21.2. The molecule has 1 aliphatic rings. The van der Waals surface area contributed by atoms with Gasteiger partial charge in [0.2, 0.25) is 10.0 Å². The van der Waals surface area contributed by atoms with Crippen molar-refractivity contribution >= 4 is 22.6 Å². The highest BCUT2D eigenvalue weighted by atomic mass is 32.2. The number of primary sulfonamides is 1. The van der Waals surface area contributed by atoms with Crippen LogP contribution in [0.5, 0.6) is 0 Å². The molecule has 5 nitrogen and oxygen atoms in total. The number of sulfonamides is 1. The fraction of sp³-hybridized carbons (Fsp3) is 0.538. The number of hydrogen-bond donors (Lipinski definition) is 1. The number of aryl methyl sites for hydroxylation is 1. The second kappa shape index (κ2) is 4.56.